The number of nitrogens with zero attached hydrogens (tertiary/aromatic N) is 3. The van der Waals surface area contributed by atoms with E-state index < -0.39 is 0 Å². The summed E-state index contributed by atoms with van der Waals surface area (Å²) in [5.41, 5.74) is 0.810. The van der Waals surface area contributed by atoms with Crippen molar-refractivity contribution in [1.29, 1.82) is 0 Å². The zero-order valence-electron chi connectivity index (χ0n) is 7.89. The Labute approximate surface area is 80.4 Å². The van der Waals surface area contributed by atoms with Crippen molar-refractivity contribution in [2.75, 3.05) is 0 Å². The van der Waals surface area contributed by atoms with E-state index >= 15 is 0 Å². The molecule has 2 heterocycles. The minimum atomic E-state index is -0.179. The summed E-state index contributed by atoms with van der Waals surface area (Å²) in [6.07, 6.45) is 2.92. The number of ketones is 1. The molecule has 2 aromatic rings. The molecule has 0 radical (unpaired) electrons. The fourth-order valence-corrected chi connectivity index (χ4v) is 1.20. The molecule has 0 aliphatic carbocycles. The molecule has 0 aromatic carbocycles. The number of carbonyl (C=O) groups is 1. The van der Waals surface area contributed by atoms with Gasteiger partial charge in [-0.15, -0.1) is 0 Å². The molecule has 0 atom stereocenters. The predicted molar refractivity (Wildman–Crippen MR) is 47.9 cm³/mol. The van der Waals surface area contributed by atoms with Gasteiger partial charge in [0.2, 0.25) is 5.78 Å². The molecule has 14 heavy (non-hydrogen) atoms. The van der Waals surface area contributed by atoms with Gasteiger partial charge in [0.15, 0.2) is 11.6 Å². The highest BCUT2D eigenvalue weighted by molar-refractivity contribution is 6.06. The number of rotatable bonds is 2. The van der Waals surface area contributed by atoms with Crippen molar-refractivity contribution < 1.29 is 9.21 Å². The maximum atomic E-state index is 11.8. The van der Waals surface area contributed by atoms with Crippen molar-refractivity contribution in [1.82, 2.24) is 14.8 Å². The molecule has 0 fully saturated rings. The zero-order valence-corrected chi connectivity index (χ0v) is 7.89. The Bertz CT molecular complexity index is 470. The van der Waals surface area contributed by atoms with Crippen LogP contribution in [-0.4, -0.2) is 20.5 Å². The summed E-state index contributed by atoms with van der Waals surface area (Å²) < 4.78 is 6.47. The standard InChI is InChI=1S/C9H9N3O2/c1-6-11-7(5-14-6)9(13)8-3-4-10-12(8)2/h3-5H,1-2H3. The van der Waals surface area contributed by atoms with Crippen molar-refractivity contribution in [3.63, 3.8) is 0 Å². The minimum absolute atomic E-state index is 0.179. The van der Waals surface area contributed by atoms with Crippen molar-refractivity contribution in [2.45, 2.75) is 6.92 Å². The van der Waals surface area contributed by atoms with Gasteiger partial charge < -0.3 is 4.42 Å². The average molecular weight is 191 g/mol. The molecule has 0 spiro atoms. The van der Waals surface area contributed by atoms with Crippen LogP contribution in [0.4, 0.5) is 0 Å². The second kappa shape index (κ2) is 3.10. The zero-order chi connectivity index (χ0) is 10.1. The lowest BCUT2D eigenvalue weighted by Crippen LogP contribution is -2.08. The summed E-state index contributed by atoms with van der Waals surface area (Å²) in [4.78, 5) is 15.7. The molecule has 0 aliphatic rings. The highest BCUT2D eigenvalue weighted by Crippen LogP contribution is 2.08. The molecule has 5 nitrogen and oxygen atoms in total. The number of carbonyl (C=O) groups excluding carboxylic acids is 1. The van der Waals surface area contributed by atoms with Crippen LogP contribution in [0.15, 0.2) is 22.9 Å². The van der Waals surface area contributed by atoms with Crippen LogP contribution in [0.5, 0.6) is 0 Å². The third-order valence-electron chi connectivity index (χ3n) is 1.91. The van der Waals surface area contributed by atoms with Gasteiger partial charge >= 0.3 is 0 Å². The van der Waals surface area contributed by atoms with Gasteiger partial charge in [-0.3, -0.25) is 9.48 Å². The Hall–Kier alpha value is -1.91. The number of hydrogen-bond donors (Lipinski definition) is 0. The fourth-order valence-electron chi connectivity index (χ4n) is 1.20. The van der Waals surface area contributed by atoms with Crippen molar-refractivity contribution >= 4 is 5.78 Å². The molecule has 5 heteroatoms. The topological polar surface area (TPSA) is 60.9 Å². The van der Waals surface area contributed by atoms with Crippen LogP contribution < -0.4 is 0 Å². The molecule has 0 saturated carbocycles. The van der Waals surface area contributed by atoms with Gasteiger partial charge in [0.05, 0.1) is 0 Å². The van der Waals surface area contributed by atoms with E-state index in [-0.39, 0.29) is 5.78 Å². The molecule has 2 rings (SSSR count). The lowest BCUT2D eigenvalue weighted by atomic mass is 10.2. The summed E-state index contributed by atoms with van der Waals surface area (Å²) in [6.45, 7) is 1.69. The van der Waals surface area contributed by atoms with Crippen LogP contribution in [0.1, 0.15) is 22.1 Å². The molecule has 0 unspecified atom stereocenters. The molecule has 72 valence electrons. The van der Waals surface area contributed by atoms with E-state index in [0.717, 1.165) is 0 Å². The first kappa shape index (κ1) is 8.68. The van der Waals surface area contributed by atoms with Gasteiger partial charge in [0.1, 0.15) is 12.0 Å². The summed E-state index contributed by atoms with van der Waals surface area (Å²) in [5.74, 6) is 0.303. The van der Waals surface area contributed by atoms with Crippen molar-refractivity contribution in [3.8, 4) is 0 Å². The summed E-state index contributed by atoms with van der Waals surface area (Å²) in [5, 5.41) is 3.91. The Morgan fingerprint density at radius 1 is 1.57 bits per heavy atom. The van der Waals surface area contributed by atoms with E-state index in [9.17, 15) is 4.79 Å². The van der Waals surface area contributed by atoms with Crippen LogP contribution in [0.3, 0.4) is 0 Å². The molecule has 2 aromatic heterocycles. The maximum absolute atomic E-state index is 11.8. The Balaban J connectivity index is 2.38. The molecule has 0 aliphatic heterocycles. The van der Waals surface area contributed by atoms with Gasteiger partial charge in [-0.1, -0.05) is 0 Å². The minimum Gasteiger partial charge on any atom is -0.449 e. The van der Waals surface area contributed by atoms with Crippen LogP contribution >= 0.6 is 0 Å². The lowest BCUT2D eigenvalue weighted by molar-refractivity contribution is 0.102. The quantitative estimate of drug-likeness (QED) is 0.663. The smallest absolute Gasteiger partial charge is 0.232 e. The van der Waals surface area contributed by atoms with Gasteiger partial charge in [-0.2, -0.15) is 5.10 Å². The van der Waals surface area contributed by atoms with Gasteiger partial charge in [0, 0.05) is 20.2 Å². The number of oxazole rings is 1. The highest BCUT2D eigenvalue weighted by atomic mass is 16.3. The molecule has 0 N–H and O–H groups in total. The second-order valence-corrected chi connectivity index (χ2v) is 2.92. The number of aryl methyl sites for hydroxylation is 2. The first-order valence-electron chi connectivity index (χ1n) is 4.13. The largest absolute Gasteiger partial charge is 0.449 e. The first-order chi connectivity index (χ1) is 6.68. The molecule has 0 saturated heterocycles. The van der Waals surface area contributed by atoms with Crippen molar-refractivity contribution in [2.24, 2.45) is 7.05 Å². The van der Waals surface area contributed by atoms with Gasteiger partial charge in [-0.05, 0) is 6.07 Å². The van der Waals surface area contributed by atoms with Crippen LogP contribution in [-0.2, 0) is 7.05 Å². The third kappa shape index (κ3) is 1.32. The van der Waals surface area contributed by atoms with E-state index in [1.165, 1.54) is 10.9 Å². The molecular weight excluding hydrogens is 182 g/mol. The van der Waals surface area contributed by atoms with Crippen molar-refractivity contribution in [3.05, 3.63) is 35.8 Å². The van der Waals surface area contributed by atoms with Crippen LogP contribution in [0.2, 0.25) is 0 Å². The third-order valence-corrected chi connectivity index (χ3v) is 1.91. The number of hydrogen-bond acceptors (Lipinski definition) is 4. The van der Waals surface area contributed by atoms with Crippen LogP contribution in [0, 0.1) is 6.92 Å². The second-order valence-electron chi connectivity index (χ2n) is 2.92. The average Bonchev–Trinajstić information content (AvgIpc) is 2.73. The van der Waals surface area contributed by atoms with Gasteiger partial charge in [0.25, 0.3) is 0 Å². The Morgan fingerprint density at radius 2 is 2.36 bits per heavy atom. The summed E-state index contributed by atoms with van der Waals surface area (Å²) in [7, 11) is 1.71. The molecule has 0 bridgehead atoms. The van der Waals surface area contributed by atoms with Gasteiger partial charge in [-0.25, -0.2) is 4.98 Å². The summed E-state index contributed by atoms with van der Waals surface area (Å²) >= 11 is 0. The van der Waals surface area contributed by atoms with E-state index in [1.807, 2.05) is 0 Å². The SMILES string of the molecule is Cc1nc(C(=O)c2ccnn2C)co1. The molecular formula is C9H9N3O2. The monoisotopic (exact) mass is 191 g/mol. The normalized spacial score (nSPS) is 10.4. The van der Waals surface area contributed by atoms with Crippen LogP contribution in [0.25, 0.3) is 0 Å². The molecule has 0 amide bonds. The maximum Gasteiger partial charge on any atom is 0.232 e. The van der Waals surface area contributed by atoms with E-state index in [4.69, 9.17) is 4.42 Å². The lowest BCUT2D eigenvalue weighted by Gasteiger charge is -1.95. The Morgan fingerprint density at radius 3 is 2.86 bits per heavy atom. The predicted octanol–water partition coefficient (Wildman–Crippen LogP) is 0.948. The van der Waals surface area contributed by atoms with E-state index in [0.29, 0.717) is 17.3 Å². The summed E-state index contributed by atoms with van der Waals surface area (Å²) in [6, 6.07) is 1.65. The van der Waals surface area contributed by atoms with E-state index in [1.54, 1.807) is 26.2 Å². The Kier molecular flexibility index (Phi) is 1.92. The fraction of sp³-hybridized carbons (Fsp3) is 0.222. The van der Waals surface area contributed by atoms with E-state index in [2.05, 4.69) is 10.1 Å². The number of aromatic nitrogens is 3. The highest BCUT2D eigenvalue weighted by Gasteiger charge is 2.15. The first-order valence-corrected chi connectivity index (χ1v) is 4.13.